The molecule has 3 rings (SSSR count). The molecule has 0 bridgehead atoms. The monoisotopic (exact) mass is 248 g/mol. The fraction of sp³-hybridized carbons (Fsp3) is 0.500. The standard InChI is InChI=1S/C14H17FN2O/c1-3-8-4-9-10-6-16-7-12(10)17(2)14(18)13(9)11(15)5-8/h4-5,10,12,16H,3,6-7H2,1-2H3/t10-,12+/m1/s1. The largest absolute Gasteiger partial charge is 0.337 e. The van der Waals surface area contributed by atoms with Crippen molar-refractivity contribution < 1.29 is 9.18 Å². The van der Waals surface area contributed by atoms with E-state index in [1.165, 1.54) is 6.07 Å². The first-order chi connectivity index (χ1) is 8.63. The van der Waals surface area contributed by atoms with E-state index in [-0.39, 0.29) is 29.2 Å². The fourth-order valence-corrected chi connectivity index (χ4v) is 3.12. The van der Waals surface area contributed by atoms with Crippen LogP contribution in [-0.4, -0.2) is 37.0 Å². The number of amides is 1. The minimum absolute atomic E-state index is 0.163. The van der Waals surface area contributed by atoms with Crippen LogP contribution in [0.25, 0.3) is 0 Å². The van der Waals surface area contributed by atoms with Gasteiger partial charge in [0.25, 0.3) is 5.91 Å². The van der Waals surface area contributed by atoms with Gasteiger partial charge in [-0.1, -0.05) is 13.0 Å². The molecule has 96 valence electrons. The number of nitrogens with zero attached hydrogens (tertiary/aromatic N) is 1. The minimum Gasteiger partial charge on any atom is -0.337 e. The molecule has 0 saturated carbocycles. The van der Waals surface area contributed by atoms with E-state index in [0.717, 1.165) is 30.6 Å². The number of aryl methyl sites for hydroxylation is 1. The Balaban J connectivity index is 2.20. The number of likely N-dealkylation sites (N-methyl/N-ethyl adjacent to an activating group) is 1. The maximum atomic E-state index is 14.1. The molecule has 2 aliphatic rings. The van der Waals surface area contributed by atoms with Crippen molar-refractivity contribution in [1.82, 2.24) is 10.2 Å². The molecule has 2 heterocycles. The van der Waals surface area contributed by atoms with Crippen molar-refractivity contribution in [2.24, 2.45) is 0 Å². The Hall–Kier alpha value is -1.42. The van der Waals surface area contributed by atoms with Crippen LogP contribution < -0.4 is 5.32 Å². The van der Waals surface area contributed by atoms with Gasteiger partial charge in [0, 0.05) is 26.1 Å². The van der Waals surface area contributed by atoms with Crippen LogP contribution in [0.5, 0.6) is 0 Å². The number of hydrogen-bond donors (Lipinski definition) is 1. The summed E-state index contributed by atoms with van der Waals surface area (Å²) in [5, 5.41) is 3.30. The Kier molecular flexibility index (Phi) is 2.63. The van der Waals surface area contributed by atoms with Crippen molar-refractivity contribution in [2.75, 3.05) is 20.1 Å². The number of nitrogens with one attached hydrogen (secondary N) is 1. The smallest absolute Gasteiger partial charge is 0.257 e. The number of rotatable bonds is 1. The Labute approximate surface area is 106 Å². The zero-order chi connectivity index (χ0) is 12.9. The molecule has 4 heteroatoms. The molecular weight excluding hydrogens is 231 g/mol. The summed E-state index contributed by atoms with van der Waals surface area (Å²) < 4.78 is 14.1. The van der Waals surface area contributed by atoms with E-state index >= 15 is 0 Å². The highest BCUT2D eigenvalue weighted by Gasteiger charge is 2.42. The van der Waals surface area contributed by atoms with Crippen LogP contribution in [0.15, 0.2) is 12.1 Å². The van der Waals surface area contributed by atoms with Crippen LogP contribution in [0.2, 0.25) is 0 Å². The maximum Gasteiger partial charge on any atom is 0.257 e. The van der Waals surface area contributed by atoms with Gasteiger partial charge in [0.1, 0.15) is 5.82 Å². The highest BCUT2D eigenvalue weighted by molar-refractivity contribution is 5.97. The average molecular weight is 248 g/mol. The summed E-state index contributed by atoms with van der Waals surface area (Å²) in [5.41, 5.74) is 2.14. The Morgan fingerprint density at radius 2 is 2.22 bits per heavy atom. The molecular formula is C14H17FN2O. The molecule has 0 aliphatic carbocycles. The Morgan fingerprint density at radius 1 is 1.44 bits per heavy atom. The number of benzene rings is 1. The van der Waals surface area contributed by atoms with E-state index in [1.54, 1.807) is 11.9 Å². The molecule has 0 aromatic heterocycles. The van der Waals surface area contributed by atoms with Gasteiger partial charge in [-0.05, 0) is 23.6 Å². The average Bonchev–Trinajstić information content (AvgIpc) is 2.84. The van der Waals surface area contributed by atoms with Crippen molar-refractivity contribution in [3.63, 3.8) is 0 Å². The van der Waals surface area contributed by atoms with Crippen LogP contribution in [0.3, 0.4) is 0 Å². The molecule has 1 fully saturated rings. The van der Waals surface area contributed by atoms with Crippen LogP contribution in [0, 0.1) is 5.82 Å². The first-order valence-electron chi connectivity index (χ1n) is 6.43. The molecule has 0 radical (unpaired) electrons. The molecule has 1 N–H and O–H groups in total. The predicted molar refractivity (Wildman–Crippen MR) is 67.3 cm³/mol. The van der Waals surface area contributed by atoms with Gasteiger partial charge >= 0.3 is 0 Å². The van der Waals surface area contributed by atoms with Crippen molar-refractivity contribution in [3.05, 3.63) is 34.6 Å². The summed E-state index contributed by atoms with van der Waals surface area (Å²) in [4.78, 5) is 13.9. The number of carbonyl (C=O) groups is 1. The zero-order valence-corrected chi connectivity index (χ0v) is 10.7. The summed E-state index contributed by atoms with van der Waals surface area (Å²) in [5.74, 6) is -0.328. The maximum absolute atomic E-state index is 14.1. The molecule has 0 unspecified atom stereocenters. The summed E-state index contributed by atoms with van der Waals surface area (Å²) in [6, 6.07) is 3.66. The lowest BCUT2D eigenvalue weighted by Gasteiger charge is -2.36. The van der Waals surface area contributed by atoms with E-state index < -0.39 is 0 Å². The number of carbonyl (C=O) groups excluding carboxylic acids is 1. The van der Waals surface area contributed by atoms with Gasteiger partial charge in [-0.3, -0.25) is 4.79 Å². The summed E-state index contributed by atoms with van der Waals surface area (Å²) in [6.07, 6.45) is 0.791. The second-order valence-corrected chi connectivity index (χ2v) is 5.14. The van der Waals surface area contributed by atoms with E-state index in [1.807, 2.05) is 13.0 Å². The SMILES string of the molecule is CCc1cc(F)c2c(c1)[C@H]1CNC[C@@H]1N(C)C2=O. The minimum atomic E-state index is -0.369. The quantitative estimate of drug-likeness (QED) is 0.817. The topological polar surface area (TPSA) is 32.3 Å². The van der Waals surface area contributed by atoms with Gasteiger partial charge in [0.05, 0.1) is 11.6 Å². The lowest BCUT2D eigenvalue weighted by atomic mass is 9.83. The first kappa shape index (κ1) is 11.7. The van der Waals surface area contributed by atoms with Crippen molar-refractivity contribution in [3.8, 4) is 0 Å². The Morgan fingerprint density at radius 3 is 2.94 bits per heavy atom. The highest BCUT2D eigenvalue weighted by atomic mass is 19.1. The highest BCUT2D eigenvalue weighted by Crippen LogP contribution is 2.36. The fourth-order valence-electron chi connectivity index (χ4n) is 3.12. The van der Waals surface area contributed by atoms with E-state index in [2.05, 4.69) is 5.32 Å². The molecule has 1 amide bonds. The third-order valence-electron chi connectivity index (χ3n) is 4.20. The zero-order valence-electron chi connectivity index (χ0n) is 10.7. The van der Waals surface area contributed by atoms with Gasteiger partial charge in [-0.15, -0.1) is 0 Å². The molecule has 3 nitrogen and oxygen atoms in total. The number of halogens is 1. The molecule has 1 aromatic rings. The van der Waals surface area contributed by atoms with Crippen LogP contribution >= 0.6 is 0 Å². The predicted octanol–water partition coefficient (Wildman–Crippen LogP) is 1.53. The Bertz CT molecular complexity index is 515. The summed E-state index contributed by atoms with van der Waals surface area (Å²) >= 11 is 0. The van der Waals surface area contributed by atoms with Crippen LogP contribution in [-0.2, 0) is 6.42 Å². The van der Waals surface area contributed by atoms with Gasteiger partial charge in [-0.2, -0.15) is 0 Å². The molecule has 2 aliphatic heterocycles. The second-order valence-electron chi connectivity index (χ2n) is 5.14. The van der Waals surface area contributed by atoms with Crippen molar-refractivity contribution in [2.45, 2.75) is 25.3 Å². The molecule has 2 atom stereocenters. The summed E-state index contributed by atoms with van der Waals surface area (Å²) in [7, 11) is 1.77. The second kappa shape index (κ2) is 4.05. The number of fused-ring (bicyclic) bond motifs is 3. The molecule has 18 heavy (non-hydrogen) atoms. The lowest BCUT2D eigenvalue weighted by Crippen LogP contribution is -2.46. The van der Waals surface area contributed by atoms with Gasteiger partial charge in [0.15, 0.2) is 0 Å². The first-order valence-corrected chi connectivity index (χ1v) is 6.43. The third kappa shape index (κ3) is 1.48. The van der Waals surface area contributed by atoms with Crippen molar-refractivity contribution in [1.29, 1.82) is 0 Å². The molecule has 0 spiro atoms. The van der Waals surface area contributed by atoms with E-state index in [9.17, 15) is 9.18 Å². The van der Waals surface area contributed by atoms with Crippen LogP contribution in [0.1, 0.15) is 34.3 Å². The van der Waals surface area contributed by atoms with Crippen molar-refractivity contribution >= 4 is 5.91 Å². The third-order valence-corrected chi connectivity index (χ3v) is 4.20. The van der Waals surface area contributed by atoms with E-state index in [4.69, 9.17) is 0 Å². The van der Waals surface area contributed by atoms with Gasteiger partial charge in [0.2, 0.25) is 0 Å². The van der Waals surface area contributed by atoms with Gasteiger partial charge in [-0.25, -0.2) is 4.39 Å². The number of hydrogen-bond acceptors (Lipinski definition) is 2. The normalized spacial score (nSPS) is 26.2. The van der Waals surface area contributed by atoms with Gasteiger partial charge < -0.3 is 10.2 Å². The molecule has 1 aromatic carbocycles. The summed E-state index contributed by atoms with van der Waals surface area (Å²) in [6.45, 7) is 3.62. The van der Waals surface area contributed by atoms with E-state index in [0.29, 0.717) is 0 Å². The lowest BCUT2D eigenvalue weighted by molar-refractivity contribution is 0.0700. The molecule has 1 saturated heterocycles. The van der Waals surface area contributed by atoms with Crippen LogP contribution in [0.4, 0.5) is 4.39 Å².